The highest BCUT2D eigenvalue weighted by molar-refractivity contribution is 5.79. The molecule has 0 spiro atoms. The second-order valence-electron chi connectivity index (χ2n) is 4.09. The highest BCUT2D eigenvalue weighted by Gasteiger charge is 2.14. The Balaban J connectivity index is 3.01. The number of amides is 1. The summed E-state index contributed by atoms with van der Waals surface area (Å²) in [7, 11) is 0. The van der Waals surface area contributed by atoms with Crippen molar-refractivity contribution in [3.05, 3.63) is 17.8 Å². The second-order valence-corrected chi connectivity index (χ2v) is 4.09. The van der Waals surface area contributed by atoms with E-state index in [0.717, 1.165) is 5.56 Å². The van der Waals surface area contributed by atoms with E-state index in [2.05, 4.69) is 4.98 Å². The van der Waals surface area contributed by atoms with Gasteiger partial charge in [0, 0.05) is 24.0 Å². The molecule has 0 unspecified atom stereocenters. The van der Waals surface area contributed by atoms with Crippen molar-refractivity contribution in [1.82, 2.24) is 4.98 Å². The van der Waals surface area contributed by atoms with Crippen LogP contribution in [0.4, 0.5) is 11.5 Å². The van der Waals surface area contributed by atoms with Gasteiger partial charge in [-0.15, -0.1) is 0 Å². The molecule has 0 saturated carbocycles. The lowest BCUT2D eigenvalue weighted by Gasteiger charge is -2.26. The first-order valence-electron chi connectivity index (χ1n) is 5.19. The maximum Gasteiger partial charge on any atom is 0.237 e. The second kappa shape index (κ2) is 4.83. The molecular weight excluding hydrogens is 204 g/mol. The van der Waals surface area contributed by atoms with Gasteiger partial charge < -0.3 is 16.4 Å². The number of nitrogens with two attached hydrogens (primary N) is 2. The number of rotatable bonds is 4. The maximum atomic E-state index is 11.0. The fourth-order valence-electron chi connectivity index (χ4n) is 1.38. The van der Waals surface area contributed by atoms with Crippen LogP contribution >= 0.6 is 0 Å². The molecule has 1 heterocycles. The minimum atomic E-state index is -0.380. The number of carbonyl (C=O) groups is 1. The summed E-state index contributed by atoms with van der Waals surface area (Å²) >= 11 is 0. The standard InChI is InChI=1S/C11H18N4O/c1-7(2)15(6-10(13)16)11-4-9(12)8(3)5-14-11/h4-5,7H,6H2,1-3H3,(H2,12,14)(H2,13,16). The van der Waals surface area contributed by atoms with Gasteiger partial charge in [-0.2, -0.15) is 0 Å². The van der Waals surface area contributed by atoms with Crippen LogP contribution in [-0.4, -0.2) is 23.5 Å². The van der Waals surface area contributed by atoms with Gasteiger partial charge in [0.15, 0.2) is 0 Å². The van der Waals surface area contributed by atoms with Crippen LogP contribution in [0.15, 0.2) is 12.3 Å². The van der Waals surface area contributed by atoms with Crippen molar-refractivity contribution in [2.75, 3.05) is 17.2 Å². The third kappa shape index (κ3) is 2.85. The van der Waals surface area contributed by atoms with E-state index in [1.807, 2.05) is 25.7 Å². The van der Waals surface area contributed by atoms with Crippen LogP contribution in [-0.2, 0) is 4.79 Å². The Hall–Kier alpha value is -1.78. The molecule has 88 valence electrons. The SMILES string of the molecule is Cc1cnc(N(CC(N)=O)C(C)C)cc1N. The summed E-state index contributed by atoms with van der Waals surface area (Å²) in [6, 6.07) is 1.90. The number of aromatic nitrogens is 1. The van der Waals surface area contributed by atoms with Gasteiger partial charge in [-0.3, -0.25) is 4.79 Å². The molecule has 5 nitrogen and oxygen atoms in total. The predicted octanol–water partition coefficient (Wildman–Crippen LogP) is 0.672. The van der Waals surface area contributed by atoms with Crippen molar-refractivity contribution < 1.29 is 4.79 Å². The summed E-state index contributed by atoms with van der Waals surface area (Å²) < 4.78 is 0. The van der Waals surface area contributed by atoms with Crippen LogP contribution in [0.2, 0.25) is 0 Å². The fraction of sp³-hybridized carbons (Fsp3) is 0.455. The predicted molar refractivity (Wildman–Crippen MR) is 65.1 cm³/mol. The Labute approximate surface area is 95.4 Å². The van der Waals surface area contributed by atoms with Crippen LogP contribution < -0.4 is 16.4 Å². The highest BCUT2D eigenvalue weighted by atomic mass is 16.1. The van der Waals surface area contributed by atoms with Crippen molar-refractivity contribution in [1.29, 1.82) is 0 Å². The van der Waals surface area contributed by atoms with E-state index in [-0.39, 0.29) is 18.5 Å². The molecule has 0 aliphatic rings. The summed E-state index contributed by atoms with van der Waals surface area (Å²) in [5, 5.41) is 0. The molecule has 0 aliphatic carbocycles. The molecular formula is C11H18N4O. The number of hydrogen-bond acceptors (Lipinski definition) is 4. The average molecular weight is 222 g/mol. The Morgan fingerprint density at radius 2 is 2.19 bits per heavy atom. The zero-order valence-electron chi connectivity index (χ0n) is 9.90. The molecule has 1 aromatic rings. The minimum Gasteiger partial charge on any atom is -0.398 e. The quantitative estimate of drug-likeness (QED) is 0.784. The van der Waals surface area contributed by atoms with Crippen LogP contribution in [0.5, 0.6) is 0 Å². The van der Waals surface area contributed by atoms with Crippen molar-refractivity contribution in [2.45, 2.75) is 26.8 Å². The number of nitrogens with zero attached hydrogens (tertiary/aromatic N) is 2. The summed E-state index contributed by atoms with van der Waals surface area (Å²) in [6.07, 6.45) is 1.70. The number of primary amides is 1. The zero-order valence-corrected chi connectivity index (χ0v) is 9.90. The number of hydrogen-bond donors (Lipinski definition) is 2. The monoisotopic (exact) mass is 222 g/mol. The van der Waals surface area contributed by atoms with E-state index in [0.29, 0.717) is 11.5 Å². The van der Waals surface area contributed by atoms with Crippen molar-refractivity contribution in [3.63, 3.8) is 0 Å². The molecule has 0 saturated heterocycles. The molecule has 1 amide bonds. The van der Waals surface area contributed by atoms with E-state index in [1.54, 1.807) is 12.3 Å². The normalized spacial score (nSPS) is 10.5. The Morgan fingerprint density at radius 3 is 2.62 bits per heavy atom. The van der Waals surface area contributed by atoms with E-state index in [4.69, 9.17) is 11.5 Å². The van der Waals surface area contributed by atoms with Gasteiger partial charge in [0.1, 0.15) is 5.82 Å². The lowest BCUT2D eigenvalue weighted by atomic mass is 10.2. The van der Waals surface area contributed by atoms with Crippen molar-refractivity contribution >= 4 is 17.4 Å². The molecule has 0 bridgehead atoms. The Kier molecular flexibility index (Phi) is 3.71. The molecule has 16 heavy (non-hydrogen) atoms. The molecule has 0 aromatic carbocycles. The van der Waals surface area contributed by atoms with E-state index < -0.39 is 0 Å². The molecule has 5 heteroatoms. The molecule has 1 aromatic heterocycles. The lowest BCUT2D eigenvalue weighted by molar-refractivity contribution is -0.116. The van der Waals surface area contributed by atoms with Gasteiger partial charge in [0.05, 0.1) is 6.54 Å². The lowest BCUT2D eigenvalue weighted by Crippen LogP contribution is -2.39. The summed E-state index contributed by atoms with van der Waals surface area (Å²) in [4.78, 5) is 17.0. The molecule has 0 atom stereocenters. The third-order valence-electron chi connectivity index (χ3n) is 2.37. The maximum absolute atomic E-state index is 11.0. The number of pyridine rings is 1. The fourth-order valence-corrected chi connectivity index (χ4v) is 1.38. The van der Waals surface area contributed by atoms with Crippen molar-refractivity contribution in [2.24, 2.45) is 5.73 Å². The highest BCUT2D eigenvalue weighted by Crippen LogP contribution is 2.19. The van der Waals surface area contributed by atoms with Gasteiger partial charge in [-0.25, -0.2) is 4.98 Å². The van der Waals surface area contributed by atoms with Crippen molar-refractivity contribution in [3.8, 4) is 0 Å². The first-order chi connectivity index (χ1) is 7.41. The topological polar surface area (TPSA) is 85.2 Å². The van der Waals surface area contributed by atoms with Gasteiger partial charge in [-0.1, -0.05) is 0 Å². The summed E-state index contributed by atoms with van der Waals surface area (Å²) in [5.41, 5.74) is 12.6. The van der Waals surface area contributed by atoms with Gasteiger partial charge in [0.25, 0.3) is 0 Å². The molecule has 0 fully saturated rings. The number of nitrogen functional groups attached to an aromatic ring is 1. The summed E-state index contributed by atoms with van der Waals surface area (Å²) in [6.45, 7) is 5.98. The molecule has 0 aliphatic heterocycles. The van der Waals surface area contributed by atoms with Gasteiger partial charge >= 0.3 is 0 Å². The first-order valence-corrected chi connectivity index (χ1v) is 5.19. The Morgan fingerprint density at radius 1 is 1.56 bits per heavy atom. The Bertz CT molecular complexity index is 390. The van der Waals surface area contributed by atoms with Crippen LogP contribution in [0.3, 0.4) is 0 Å². The number of anilines is 2. The smallest absolute Gasteiger partial charge is 0.237 e. The average Bonchev–Trinajstić information content (AvgIpc) is 2.18. The zero-order chi connectivity index (χ0) is 12.3. The van der Waals surface area contributed by atoms with Gasteiger partial charge in [-0.05, 0) is 26.3 Å². The van der Waals surface area contributed by atoms with E-state index >= 15 is 0 Å². The third-order valence-corrected chi connectivity index (χ3v) is 2.37. The minimum absolute atomic E-state index is 0.141. The molecule has 1 rings (SSSR count). The van der Waals surface area contributed by atoms with Crippen LogP contribution in [0, 0.1) is 6.92 Å². The van der Waals surface area contributed by atoms with E-state index in [9.17, 15) is 4.79 Å². The largest absolute Gasteiger partial charge is 0.398 e. The molecule has 4 N–H and O–H groups in total. The molecule has 0 radical (unpaired) electrons. The van der Waals surface area contributed by atoms with Crippen LogP contribution in [0.1, 0.15) is 19.4 Å². The summed E-state index contributed by atoms with van der Waals surface area (Å²) in [5.74, 6) is 0.298. The number of carbonyl (C=O) groups excluding carboxylic acids is 1. The van der Waals surface area contributed by atoms with E-state index in [1.165, 1.54) is 0 Å². The number of aryl methyl sites for hydroxylation is 1. The first kappa shape index (κ1) is 12.3. The van der Waals surface area contributed by atoms with Gasteiger partial charge in [0.2, 0.25) is 5.91 Å². The van der Waals surface area contributed by atoms with Crippen LogP contribution in [0.25, 0.3) is 0 Å².